The summed E-state index contributed by atoms with van der Waals surface area (Å²) in [7, 11) is 3.45. The molecule has 29 heavy (non-hydrogen) atoms. The number of benzene rings is 1. The third-order valence-corrected chi connectivity index (χ3v) is 5.33. The number of ether oxygens (including phenoxy) is 1. The van der Waals surface area contributed by atoms with Crippen LogP contribution in [0.1, 0.15) is 21.5 Å². The average Bonchev–Trinajstić information content (AvgIpc) is 3.12. The molecule has 0 fully saturated rings. The van der Waals surface area contributed by atoms with Crippen LogP contribution in [0.25, 0.3) is 11.3 Å². The van der Waals surface area contributed by atoms with E-state index >= 15 is 0 Å². The minimum absolute atomic E-state index is 0.0480. The highest BCUT2D eigenvalue weighted by Crippen LogP contribution is 2.40. The van der Waals surface area contributed by atoms with E-state index in [2.05, 4.69) is 20.6 Å². The van der Waals surface area contributed by atoms with Gasteiger partial charge in [0.25, 0.3) is 5.91 Å². The Labute approximate surface area is 171 Å². The highest BCUT2D eigenvalue weighted by Gasteiger charge is 2.25. The number of carbonyl (C=O) groups is 2. The Bertz CT molecular complexity index is 1110. The lowest BCUT2D eigenvalue weighted by atomic mass is 10.1. The molecule has 9 heteroatoms. The molecule has 3 aromatic rings. The minimum Gasteiger partial charge on any atom is -0.484 e. The number of carbonyl (C=O) groups excluding carboxylic acids is 2. The molecule has 0 aliphatic carbocycles. The first kappa shape index (κ1) is 18.9. The van der Waals surface area contributed by atoms with E-state index in [1.54, 1.807) is 37.3 Å². The van der Waals surface area contributed by atoms with E-state index in [1.165, 1.54) is 18.3 Å². The van der Waals surface area contributed by atoms with Crippen molar-refractivity contribution in [3.05, 3.63) is 46.3 Å². The van der Waals surface area contributed by atoms with Crippen LogP contribution >= 0.6 is 11.3 Å². The molecule has 2 amide bonds. The lowest BCUT2D eigenvalue weighted by molar-refractivity contribution is -0.114. The second-order valence-corrected chi connectivity index (χ2v) is 7.87. The molecule has 3 heterocycles. The lowest BCUT2D eigenvalue weighted by Crippen LogP contribution is -2.20. The summed E-state index contributed by atoms with van der Waals surface area (Å²) in [4.78, 5) is 35.6. The van der Waals surface area contributed by atoms with Crippen LogP contribution in [0.2, 0.25) is 0 Å². The summed E-state index contributed by atoms with van der Waals surface area (Å²) in [6.45, 7) is 1.85. The Balaban J connectivity index is 1.64. The Morgan fingerprint density at radius 1 is 1.21 bits per heavy atom. The van der Waals surface area contributed by atoms with Gasteiger partial charge in [0.2, 0.25) is 11.9 Å². The predicted octanol–water partition coefficient (Wildman–Crippen LogP) is 3.50. The van der Waals surface area contributed by atoms with Gasteiger partial charge >= 0.3 is 0 Å². The van der Waals surface area contributed by atoms with Gasteiger partial charge in [-0.15, -0.1) is 11.3 Å². The molecule has 0 unspecified atom stereocenters. The number of hydrogen-bond acceptors (Lipinski definition) is 7. The molecule has 8 nitrogen and oxygen atoms in total. The van der Waals surface area contributed by atoms with Crippen molar-refractivity contribution in [3.8, 4) is 17.0 Å². The fourth-order valence-electron chi connectivity index (χ4n) is 2.94. The highest BCUT2D eigenvalue weighted by atomic mass is 32.1. The van der Waals surface area contributed by atoms with E-state index in [1.807, 2.05) is 18.2 Å². The van der Waals surface area contributed by atoms with E-state index in [0.29, 0.717) is 34.6 Å². The number of thiophene rings is 1. The van der Waals surface area contributed by atoms with Gasteiger partial charge in [-0.1, -0.05) is 6.07 Å². The number of hydrogen-bond donors (Lipinski definition) is 2. The highest BCUT2D eigenvalue weighted by molar-refractivity contribution is 7.14. The Kier molecular flexibility index (Phi) is 4.89. The average molecular weight is 409 g/mol. The molecule has 2 N–H and O–H groups in total. The molecule has 0 saturated heterocycles. The van der Waals surface area contributed by atoms with Gasteiger partial charge in [-0.3, -0.25) is 9.59 Å². The molecule has 2 aromatic heterocycles. The number of fused-ring (bicyclic) bond motifs is 3. The Morgan fingerprint density at radius 3 is 2.76 bits per heavy atom. The quantitative estimate of drug-likeness (QED) is 0.685. The second-order valence-electron chi connectivity index (χ2n) is 6.73. The van der Waals surface area contributed by atoms with Crippen molar-refractivity contribution in [3.63, 3.8) is 0 Å². The summed E-state index contributed by atoms with van der Waals surface area (Å²) in [6, 6.07) is 9.14. The van der Waals surface area contributed by atoms with Gasteiger partial charge in [-0.2, -0.15) is 0 Å². The van der Waals surface area contributed by atoms with Crippen molar-refractivity contribution in [2.45, 2.75) is 13.5 Å². The molecule has 1 aromatic carbocycles. The summed E-state index contributed by atoms with van der Waals surface area (Å²) in [5.74, 6) is 0.786. The molecular formula is C20H19N5O3S. The summed E-state index contributed by atoms with van der Waals surface area (Å²) >= 11 is 1.42. The van der Waals surface area contributed by atoms with E-state index in [9.17, 15) is 9.59 Å². The first-order valence-electron chi connectivity index (χ1n) is 8.90. The second kappa shape index (κ2) is 7.51. The monoisotopic (exact) mass is 409 g/mol. The van der Waals surface area contributed by atoms with Gasteiger partial charge in [-0.25, -0.2) is 9.97 Å². The van der Waals surface area contributed by atoms with Crippen LogP contribution in [0.5, 0.6) is 5.75 Å². The summed E-state index contributed by atoms with van der Waals surface area (Å²) in [6.07, 6.45) is 1.62. The SMILES string of the molecule is CC(=O)Nc1cccc(Nc2ncc3c(n2)-c2cc(C(=O)N(C)C)sc2CO3)c1. The number of amides is 2. The standard InChI is InChI=1S/C20H19N5O3S/c1-11(26)22-12-5-4-6-13(7-12)23-20-21-9-15-18(24-20)14-8-16(19(27)25(2)3)29-17(14)10-28-15/h4-9H,10H2,1-3H3,(H,22,26)(H,21,23,24). The minimum atomic E-state index is -0.141. The lowest BCUT2D eigenvalue weighted by Gasteiger charge is -2.17. The number of rotatable bonds is 4. The van der Waals surface area contributed by atoms with Crippen LogP contribution in [0.4, 0.5) is 17.3 Å². The third kappa shape index (κ3) is 3.90. The molecule has 0 saturated carbocycles. The van der Waals surface area contributed by atoms with Crippen LogP contribution in [-0.4, -0.2) is 40.8 Å². The van der Waals surface area contributed by atoms with Crippen LogP contribution < -0.4 is 15.4 Å². The molecule has 0 bridgehead atoms. The maximum atomic E-state index is 12.3. The fraction of sp³-hybridized carbons (Fsp3) is 0.200. The number of aromatic nitrogens is 2. The van der Waals surface area contributed by atoms with Gasteiger partial charge in [0.15, 0.2) is 5.75 Å². The van der Waals surface area contributed by atoms with E-state index in [-0.39, 0.29) is 11.8 Å². The molecule has 1 aliphatic rings. The molecule has 0 atom stereocenters. The van der Waals surface area contributed by atoms with Gasteiger partial charge in [0.05, 0.1) is 16.0 Å². The maximum Gasteiger partial charge on any atom is 0.263 e. The van der Waals surface area contributed by atoms with Crippen LogP contribution in [0.3, 0.4) is 0 Å². The van der Waals surface area contributed by atoms with Crippen LogP contribution in [0, 0.1) is 0 Å². The van der Waals surface area contributed by atoms with Crippen LogP contribution in [-0.2, 0) is 11.4 Å². The van der Waals surface area contributed by atoms with Crippen molar-refractivity contribution < 1.29 is 14.3 Å². The van der Waals surface area contributed by atoms with E-state index in [0.717, 1.165) is 16.1 Å². The molecular weight excluding hydrogens is 390 g/mol. The first-order valence-corrected chi connectivity index (χ1v) is 9.71. The van der Waals surface area contributed by atoms with Crippen molar-refractivity contribution in [1.29, 1.82) is 0 Å². The number of nitrogens with zero attached hydrogens (tertiary/aromatic N) is 3. The van der Waals surface area contributed by atoms with E-state index < -0.39 is 0 Å². The fourth-order valence-corrected chi connectivity index (χ4v) is 4.04. The summed E-state index contributed by atoms with van der Waals surface area (Å²) in [5.41, 5.74) is 2.95. The van der Waals surface area contributed by atoms with Gasteiger partial charge in [0.1, 0.15) is 12.3 Å². The Hall–Kier alpha value is -3.46. The zero-order chi connectivity index (χ0) is 20.5. The number of nitrogens with one attached hydrogen (secondary N) is 2. The molecule has 4 rings (SSSR count). The summed E-state index contributed by atoms with van der Waals surface area (Å²) < 4.78 is 5.76. The molecule has 148 valence electrons. The predicted molar refractivity (Wildman–Crippen MR) is 112 cm³/mol. The van der Waals surface area contributed by atoms with E-state index in [4.69, 9.17) is 4.74 Å². The largest absolute Gasteiger partial charge is 0.484 e. The molecule has 0 radical (unpaired) electrons. The zero-order valence-electron chi connectivity index (χ0n) is 16.1. The van der Waals surface area contributed by atoms with Crippen molar-refractivity contribution in [2.24, 2.45) is 0 Å². The van der Waals surface area contributed by atoms with Crippen molar-refractivity contribution in [2.75, 3.05) is 24.7 Å². The smallest absolute Gasteiger partial charge is 0.263 e. The first-order chi connectivity index (χ1) is 13.9. The zero-order valence-corrected chi connectivity index (χ0v) is 17.0. The number of anilines is 3. The molecule has 0 spiro atoms. The van der Waals surface area contributed by atoms with Gasteiger partial charge in [0, 0.05) is 38.0 Å². The normalized spacial score (nSPS) is 11.7. The summed E-state index contributed by atoms with van der Waals surface area (Å²) in [5, 5.41) is 5.89. The Morgan fingerprint density at radius 2 is 2.00 bits per heavy atom. The van der Waals surface area contributed by atoms with Crippen molar-refractivity contribution in [1.82, 2.24) is 14.9 Å². The third-order valence-electron chi connectivity index (χ3n) is 4.23. The maximum absolute atomic E-state index is 12.3. The van der Waals surface area contributed by atoms with Gasteiger partial charge in [-0.05, 0) is 24.3 Å². The topological polar surface area (TPSA) is 96.4 Å². The molecule has 1 aliphatic heterocycles. The van der Waals surface area contributed by atoms with Gasteiger partial charge < -0.3 is 20.3 Å². The van der Waals surface area contributed by atoms with Crippen molar-refractivity contribution >= 4 is 40.5 Å². The van der Waals surface area contributed by atoms with Crippen LogP contribution in [0.15, 0.2) is 36.5 Å².